The van der Waals surface area contributed by atoms with Crippen molar-refractivity contribution >= 4 is 10.1 Å². The molecule has 0 saturated carbocycles. The van der Waals surface area contributed by atoms with E-state index in [1.165, 1.54) is 12.1 Å². The van der Waals surface area contributed by atoms with Gasteiger partial charge in [-0.05, 0) is 17.7 Å². The van der Waals surface area contributed by atoms with Crippen LogP contribution in [-0.2, 0) is 10.1 Å². The molecule has 0 bridgehead atoms. The van der Waals surface area contributed by atoms with Crippen LogP contribution in [0, 0.1) is 11.6 Å². The maximum Gasteiger partial charge on any atom is 0.273 e. The number of hydrogen-bond acceptors (Lipinski definition) is 2. The van der Waals surface area contributed by atoms with Gasteiger partial charge in [0, 0.05) is 0 Å². The summed E-state index contributed by atoms with van der Waals surface area (Å²) in [5.74, 6) is 0.189. The molecule has 0 spiro atoms. The highest BCUT2D eigenvalue weighted by molar-refractivity contribution is 7.88. The van der Waals surface area contributed by atoms with Crippen LogP contribution in [-0.4, -0.2) is 13.0 Å². The first kappa shape index (κ1) is 9.15. The largest absolute Gasteiger partial charge is 0.285 e. The average Bonchev–Trinajstić information content (AvgIpc) is 1.91. The van der Waals surface area contributed by atoms with E-state index in [4.69, 9.17) is 4.55 Å². The Kier molecular flexibility index (Phi) is 2.44. The lowest BCUT2D eigenvalue weighted by Gasteiger charge is -1.95. The summed E-state index contributed by atoms with van der Waals surface area (Å²) in [5, 5.41) is 0. The average molecular weight is 189 g/mol. The van der Waals surface area contributed by atoms with Gasteiger partial charge in [0.25, 0.3) is 10.1 Å². The third-order valence-corrected chi connectivity index (χ3v) is 1.73. The number of benzene rings is 1. The van der Waals surface area contributed by atoms with E-state index < -0.39 is 15.9 Å². The van der Waals surface area contributed by atoms with Gasteiger partial charge in [-0.1, -0.05) is 12.1 Å². The molecule has 1 rings (SSSR count). The van der Waals surface area contributed by atoms with Crippen molar-refractivity contribution in [2.75, 3.05) is 0 Å². The monoisotopic (exact) mass is 189 g/mol. The lowest BCUT2D eigenvalue weighted by Crippen LogP contribution is -1.98. The van der Waals surface area contributed by atoms with E-state index in [1.807, 2.05) is 0 Å². The zero-order valence-electron chi connectivity index (χ0n) is 5.94. The van der Waals surface area contributed by atoms with Crippen molar-refractivity contribution in [3.05, 3.63) is 41.4 Å². The van der Waals surface area contributed by atoms with Gasteiger partial charge in [-0.3, -0.25) is 4.55 Å². The van der Waals surface area contributed by atoms with E-state index in [1.54, 1.807) is 0 Å². The molecule has 0 aromatic heterocycles. The first-order chi connectivity index (χ1) is 5.47. The molecule has 1 radical (unpaired) electrons. The lowest BCUT2D eigenvalue weighted by atomic mass is 10.2. The third kappa shape index (κ3) is 2.98. The Labute approximate surface area is 69.6 Å². The highest BCUT2D eigenvalue weighted by Gasteiger charge is 2.06. The van der Waals surface area contributed by atoms with Crippen LogP contribution in [0.3, 0.4) is 0 Å². The molecular formula is C7H6FO3S. The van der Waals surface area contributed by atoms with Gasteiger partial charge in [0.05, 0.1) is 0 Å². The van der Waals surface area contributed by atoms with Gasteiger partial charge >= 0.3 is 0 Å². The smallest absolute Gasteiger partial charge is 0.273 e. The summed E-state index contributed by atoms with van der Waals surface area (Å²) >= 11 is 0. The standard InChI is InChI=1S/C7H6FO3S/c8-7-3-1-6(2-4-7)5-12(9,10)11/h1-5H,(H,9,10,11). The fourth-order valence-corrected chi connectivity index (χ4v) is 1.21. The SMILES string of the molecule is O=S(=O)(O)[CH]c1ccc(F)cc1. The summed E-state index contributed by atoms with van der Waals surface area (Å²) in [7, 11) is -4.14. The molecule has 0 saturated heterocycles. The van der Waals surface area contributed by atoms with Gasteiger partial charge in [0.2, 0.25) is 0 Å². The second kappa shape index (κ2) is 3.20. The molecule has 0 atom stereocenters. The Morgan fingerprint density at radius 3 is 2.17 bits per heavy atom. The van der Waals surface area contributed by atoms with Crippen LogP contribution in [0.4, 0.5) is 4.39 Å². The van der Waals surface area contributed by atoms with Crippen LogP contribution in [0.15, 0.2) is 24.3 Å². The molecule has 0 fully saturated rings. The van der Waals surface area contributed by atoms with E-state index in [-0.39, 0.29) is 5.56 Å². The van der Waals surface area contributed by atoms with Crippen molar-refractivity contribution in [2.45, 2.75) is 0 Å². The van der Waals surface area contributed by atoms with Crippen LogP contribution in [0.25, 0.3) is 0 Å². The van der Waals surface area contributed by atoms with Crippen molar-refractivity contribution in [3.63, 3.8) is 0 Å². The zero-order valence-corrected chi connectivity index (χ0v) is 6.75. The van der Waals surface area contributed by atoms with Gasteiger partial charge < -0.3 is 0 Å². The summed E-state index contributed by atoms with van der Waals surface area (Å²) in [6.07, 6.45) is 0. The normalized spacial score (nSPS) is 11.5. The topological polar surface area (TPSA) is 54.4 Å². The summed E-state index contributed by atoms with van der Waals surface area (Å²) < 4.78 is 41.2. The Bertz CT molecular complexity index is 355. The first-order valence-corrected chi connectivity index (χ1v) is 4.55. The maximum atomic E-state index is 12.3. The highest BCUT2D eigenvalue weighted by atomic mass is 32.2. The van der Waals surface area contributed by atoms with Gasteiger partial charge in [0.1, 0.15) is 11.6 Å². The fourth-order valence-electron chi connectivity index (χ4n) is 0.713. The minimum atomic E-state index is -4.14. The lowest BCUT2D eigenvalue weighted by molar-refractivity contribution is 0.491. The molecular weight excluding hydrogens is 183 g/mol. The summed E-state index contributed by atoms with van der Waals surface area (Å²) in [6, 6.07) is 4.72. The molecule has 65 valence electrons. The van der Waals surface area contributed by atoms with E-state index in [2.05, 4.69) is 0 Å². The maximum absolute atomic E-state index is 12.3. The zero-order chi connectivity index (χ0) is 9.19. The highest BCUT2D eigenvalue weighted by Crippen LogP contribution is 2.07. The molecule has 1 N–H and O–H groups in total. The Balaban J connectivity index is 2.85. The second-order valence-corrected chi connectivity index (χ2v) is 3.45. The van der Waals surface area contributed by atoms with E-state index in [0.29, 0.717) is 5.75 Å². The van der Waals surface area contributed by atoms with Crippen molar-refractivity contribution < 1.29 is 17.4 Å². The molecule has 0 aliphatic carbocycles. The Morgan fingerprint density at radius 2 is 1.75 bits per heavy atom. The minimum absolute atomic E-state index is 0.235. The molecule has 0 heterocycles. The minimum Gasteiger partial charge on any atom is -0.285 e. The van der Waals surface area contributed by atoms with Crippen LogP contribution < -0.4 is 0 Å². The van der Waals surface area contributed by atoms with Crippen molar-refractivity contribution in [1.82, 2.24) is 0 Å². The molecule has 3 nitrogen and oxygen atoms in total. The van der Waals surface area contributed by atoms with Crippen molar-refractivity contribution in [3.8, 4) is 0 Å². The van der Waals surface area contributed by atoms with E-state index in [9.17, 15) is 12.8 Å². The van der Waals surface area contributed by atoms with E-state index in [0.717, 1.165) is 12.1 Å². The predicted octanol–water partition coefficient (Wildman–Crippen LogP) is 1.22. The Morgan fingerprint density at radius 1 is 1.25 bits per heavy atom. The fraction of sp³-hybridized carbons (Fsp3) is 0. The first-order valence-electron chi connectivity index (χ1n) is 3.05. The molecule has 1 aromatic rings. The van der Waals surface area contributed by atoms with Crippen LogP contribution in [0.1, 0.15) is 5.56 Å². The molecule has 1 aromatic carbocycles. The molecule has 0 aliphatic heterocycles. The summed E-state index contributed by atoms with van der Waals surface area (Å²) in [4.78, 5) is 0. The molecule has 0 amide bonds. The Hall–Kier alpha value is -0.940. The third-order valence-electron chi connectivity index (χ3n) is 1.16. The van der Waals surface area contributed by atoms with Gasteiger partial charge in [0.15, 0.2) is 0 Å². The predicted molar refractivity (Wildman–Crippen MR) is 41.4 cm³/mol. The number of hydrogen-bond donors (Lipinski definition) is 1. The van der Waals surface area contributed by atoms with Crippen LogP contribution >= 0.6 is 0 Å². The van der Waals surface area contributed by atoms with E-state index >= 15 is 0 Å². The summed E-state index contributed by atoms with van der Waals surface area (Å²) in [5.41, 5.74) is 0.235. The molecule has 0 unspecified atom stereocenters. The second-order valence-electron chi connectivity index (χ2n) is 2.18. The van der Waals surface area contributed by atoms with Crippen LogP contribution in [0.2, 0.25) is 0 Å². The molecule has 0 aliphatic rings. The van der Waals surface area contributed by atoms with Crippen molar-refractivity contribution in [1.29, 1.82) is 0 Å². The quantitative estimate of drug-likeness (QED) is 0.712. The van der Waals surface area contributed by atoms with Gasteiger partial charge in [-0.15, -0.1) is 0 Å². The summed E-state index contributed by atoms with van der Waals surface area (Å²) in [6.45, 7) is 0. The number of rotatable bonds is 2. The molecule has 12 heavy (non-hydrogen) atoms. The van der Waals surface area contributed by atoms with Gasteiger partial charge in [-0.25, -0.2) is 4.39 Å². The van der Waals surface area contributed by atoms with Crippen LogP contribution in [0.5, 0.6) is 0 Å². The number of halogens is 1. The molecule has 5 heteroatoms. The van der Waals surface area contributed by atoms with Crippen molar-refractivity contribution in [2.24, 2.45) is 0 Å². The van der Waals surface area contributed by atoms with Gasteiger partial charge in [-0.2, -0.15) is 8.42 Å².